The van der Waals surface area contributed by atoms with E-state index in [0.29, 0.717) is 21.2 Å². The Morgan fingerprint density at radius 3 is 2.64 bits per heavy atom. The van der Waals surface area contributed by atoms with Crippen LogP contribution >= 0.6 is 22.9 Å². The predicted octanol–water partition coefficient (Wildman–Crippen LogP) is 4.48. The van der Waals surface area contributed by atoms with Crippen molar-refractivity contribution in [1.29, 1.82) is 0 Å². The van der Waals surface area contributed by atoms with Gasteiger partial charge in [-0.15, -0.1) is 11.3 Å². The van der Waals surface area contributed by atoms with Gasteiger partial charge in [-0.2, -0.15) is 5.10 Å². The van der Waals surface area contributed by atoms with Crippen LogP contribution in [0.1, 0.15) is 45.0 Å². The summed E-state index contributed by atoms with van der Waals surface area (Å²) >= 11 is 7.52. The Labute approximate surface area is 172 Å². The molecule has 1 aromatic carbocycles. The number of anilines is 1. The maximum absolute atomic E-state index is 13.0. The molecule has 0 spiro atoms. The first kappa shape index (κ1) is 19.0. The third-order valence-electron chi connectivity index (χ3n) is 5.02. The smallest absolute Gasteiger partial charge is 0.265 e. The van der Waals surface area contributed by atoms with Gasteiger partial charge in [0.15, 0.2) is 0 Å². The topological polar surface area (TPSA) is 67.2 Å². The van der Waals surface area contributed by atoms with E-state index in [0.717, 1.165) is 48.3 Å². The standard InChI is InChI=1S/C20H21ClN4O2S/c1-12-15-11-17(28-20(15)24(2)23-12)18(26)22-16-10-13(21)6-7-14(16)19(27)25-8-4-3-5-9-25/h6-7,10-11H,3-5,8-9H2,1-2H3,(H,22,26). The van der Waals surface area contributed by atoms with Gasteiger partial charge in [0, 0.05) is 30.5 Å². The van der Waals surface area contributed by atoms with E-state index in [1.807, 2.05) is 24.9 Å². The maximum atomic E-state index is 13.0. The number of nitrogens with one attached hydrogen (secondary N) is 1. The minimum absolute atomic E-state index is 0.0666. The summed E-state index contributed by atoms with van der Waals surface area (Å²) in [6.45, 7) is 3.41. The highest BCUT2D eigenvalue weighted by Gasteiger charge is 2.23. The first-order valence-electron chi connectivity index (χ1n) is 9.27. The van der Waals surface area contributed by atoms with Crippen LogP contribution in [0.15, 0.2) is 24.3 Å². The number of benzene rings is 1. The number of likely N-dealkylation sites (tertiary alicyclic amines) is 1. The normalized spacial score (nSPS) is 14.5. The molecule has 0 unspecified atom stereocenters. The first-order chi connectivity index (χ1) is 13.4. The van der Waals surface area contributed by atoms with Crippen LogP contribution in [0.25, 0.3) is 10.2 Å². The SMILES string of the molecule is Cc1nn(C)c2sc(C(=O)Nc3cc(Cl)ccc3C(=O)N3CCCCC3)cc12. The number of nitrogens with zero attached hydrogens (tertiary/aromatic N) is 3. The molecule has 0 bridgehead atoms. The van der Waals surface area contributed by atoms with Gasteiger partial charge in [0.25, 0.3) is 11.8 Å². The number of halogens is 1. The van der Waals surface area contributed by atoms with Crippen molar-refractivity contribution in [2.24, 2.45) is 7.05 Å². The fourth-order valence-corrected chi connectivity index (χ4v) is 4.77. The lowest BCUT2D eigenvalue weighted by molar-refractivity contribution is 0.0725. The Bertz CT molecular complexity index is 1030. The average Bonchev–Trinajstić information content (AvgIpc) is 3.24. The molecule has 146 valence electrons. The van der Waals surface area contributed by atoms with Crippen molar-refractivity contribution in [3.63, 3.8) is 0 Å². The molecule has 1 fully saturated rings. The zero-order chi connectivity index (χ0) is 19.8. The molecule has 6 nitrogen and oxygen atoms in total. The van der Waals surface area contributed by atoms with Gasteiger partial charge in [0.05, 0.1) is 21.8 Å². The van der Waals surface area contributed by atoms with E-state index in [2.05, 4.69) is 10.4 Å². The number of fused-ring (bicyclic) bond motifs is 1. The third kappa shape index (κ3) is 3.52. The number of rotatable bonds is 3. The molecule has 3 heterocycles. The minimum atomic E-state index is -0.254. The molecule has 8 heteroatoms. The lowest BCUT2D eigenvalue weighted by atomic mass is 10.1. The molecule has 28 heavy (non-hydrogen) atoms. The van der Waals surface area contributed by atoms with E-state index >= 15 is 0 Å². The van der Waals surface area contributed by atoms with E-state index in [1.54, 1.807) is 22.9 Å². The highest BCUT2D eigenvalue weighted by Crippen LogP contribution is 2.29. The Morgan fingerprint density at radius 2 is 1.93 bits per heavy atom. The van der Waals surface area contributed by atoms with Crippen molar-refractivity contribution in [3.05, 3.63) is 45.4 Å². The summed E-state index contributed by atoms with van der Waals surface area (Å²) in [4.78, 5) is 29.2. The lowest BCUT2D eigenvalue weighted by Gasteiger charge is -2.27. The molecule has 0 atom stereocenters. The van der Waals surface area contributed by atoms with Gasteiger partial charge in [0.2, 0.25) is 0 Å². The summed E-state index contributed by atoms with van der Waals surface area (Å²) in [6, 6.07) is 6.85. The first-order valence-corrected chi connectivity index (χ1v) is 10.5. The van der Waals surface area contributed by atoms with Crippen molar-refractivity contribution >= 4 is 50.7 Å². The van der Waals surface area contributed by atoms with Crippen LogP contribution < -0.4 is 5.32 Å². The number of thiophene rings is 1. The molecular formula is C20H21ClN4O2S. The van der Waals surface area contributed by atoms with Gasteiger partial charge >= 0.3 is 0 Å². The second-order valence-corrected chi connectivity index (χ2v) is 8.50. The Hall–Kier alpha value is -2.38. The van der Waals surface area contributed by atoms with E-state index < -0.39 is 0 Å². The van der Waals surface area contributed by atoms with E-state index in [4.69, 9.17) is 11.6 Å². The Morgan fingerprint density at radius 1 is 1.18 bits per heavy atom. The highest BCUT2D eigenvalue weighted by molar-refractivity contribution is 7.20. The van der Waals surface area contributed by atoms with Crippen molar-refractivity contribution < 1.29 is 9.59 Å². The van der Waals surface area contributed by atoms with Gasteiger partial charge in [-0.3, -0.25) is 14.3 Å². The van der Waals surface area contributed by atoms with Gasteiger partial charge < -0.3 is 10.2 Å². The Balaban J connectivity index is 1.62. The number of carbonyl (C=O) groups is 2. The molecule has 2 amide bonds. The second-order valence-electron chi connectivity index (χ2n) is 7.04. The molecule has 4 rings (SSSR count). The summed E-state index contributed by atoms with van der Waals surface area (Å²) in [5.41, 5.74) is 1.80. The molecule has 1 saturated heterocycles. The second kappa shape index (κ2) is 7.56. The number of hydrogen-bond donors (Lipinski definition) is 1. The molecule has 0 aliphatic carbocycles. The molecule has 3 aromatic rings. The third-order valence-corrected chi connectivity index (χ3v) is 6.46. The van der Waals surface area contributed by atoms with Crippen molar-refractivity contribution in [2.45, 2.75) is 26.2 Å². The van der Waals surface area contributed by atoms with Crippen LogP contribution in [0.3, 0.4) is 0 Å². The largest absolute Gasteiger partial charge is 0.339 e. The summed E-state index contributed by atoms with van der Waals surface area (Å²) in [6.07, 6.45) is 3.17. The summed E-state index contributed by atoms with van der Waals surface area (Å²) in [7, 11) is 1.86. The van der Waals surface area contributed by atoms with Gasteiger partial charge in [-0.1, -0.05) is 11.6 Å². The van der Waals surface area contributed by atoms with Crippen LogP contribution in [0.2, 0.25) is 5.02 Å². The fraction of sp³-hybridized carbons (Fsp3) is 0.350. The Kier molecular flexibility index (Phi) is 5.12. The van der Waals surface area contributed by atoms with Gasteiger partial charge in [0.1, 0.15) is 4.83 Å². The average molecular weight is 417 g/mol. The zero-order valence-electron chi connectivity index (χ0n) is 15.8. The van der Waals surface area contributed by atoms with Crippen molar-refractivity contribution in [2.75, 3.05) is 18.4 Å². The molecule has 0 radical (unpaired) electrons. The van der Waals surface area contributed by atoms with Gasteiger partial charge in [-0.05, 0) is 50.5 Å². The number of hydrogen-bond acceptors (Lipinski definition) is 4. The summed E-state index contributed by atoms with van der Waals surface area (Å²) in [5.74, 6) is -0.321. The van der Waals surface area contributed by atoms with Crippen LogP contribution in [0, 0.1) is 6.92 Å². The molecule has 2 aromatic heterocycles. The fourth-order valence-electron chi connectivity index (χ4n) is 3.57. The predicted molar refractivity (Wildman–Crippen MR) is 112 cm³/mol. The lowest BCUT2D eigenvalue weighted by Crippen LogP contribution is -2.36. The number of piperidine rings is 1. The van der Waals surface area contributed by atoms with Gasteiger partial charge in [-0.25, -0.2) is 0 Å². The number of amides is 2. The minimum Gasteiger partial charge on any atom is -0.339 e. The van der Waals surface area contributed by atoms with E-state index in [1.165, 1.54) is 11.3 Å². The molecular weight excluding hydrogens is 396 g/mol. The molecule has 1 N–H and O–H groups in total. The summed E-state index contributed by atoms with van der Waals surface area (Å²) in [5, 5.41) is 8.69. The van der Waals surface area contributed by atoms with Crippen LogP contribution in [-0.4, -0.2) is 39.6 Å². The number of aromatic nitrogens is 2. The monoisotopic (exact) mass is 416 g/mol. The van der Waals surface area contributed by atoms with E-state index in [-0.39, 0.29) is 11.8 Å². The number of aryl methyl sites for hydroxylation is 2. The quantitative estimate of drug-likeness (QED) is 0.684. The van der Waals surface area contributed by atoms with Crippen LogP contribution in [0.4, 0.5) is 5.69 Å². The van der Waals surface area contributed by atoms with Crippen molar-refractivity contribution in [3.8, 4) is 0 Å². The molecule has 1 aliphatic heterocycles. The van der Waals surface area contributed by atoms with E-state index in [9.17, 15) is 9.59 Å². The van der Waals surface area contributed by atoms with Crippen molar-refractivity contribution in [1.82, 2.24) is 14.7 Å². The highest BCUT2D eigenvalue weighted by atomic mass is 35.5. The van der Waals surface area contributed by atoms with Crippen LogP contribution in [-0.2, 0) is 7.05 Å². The summed E-state index contributed by atoms with van der Waals surface area (Å²) < 4.78 is 1.77. The molecule has 1 aliphatic rings. The maximum Gasteiger partial charge on any atom is 0.265 e. The number of carbonyl (C=O) groups excluding carboxylic acids is 2. The van der Waals surface area contributed by atoms with Crippen LogP contribution in [0.5, 0.6) is 0 Å². The zero-order valence-corrected chi connectivity index (χ0v) is 17.4. The molecule has 0 saturated carbocycles.